The molecule has 5 nitrogen and oxygen atoms in total. The number of aromatic nitrogens is 1. The summed E-state index contributed by atoms with van der Waals surface area (Å²) in [6.45, 7) is 2.40. The Bertz CT molecular complexity index is 779. The second-order valence-corrected chi connectivity index (χ2v) is 7.66. The van der Waals surface area contributed by atoms with Crippen molar-refractivity contribution in [1.29, 1.82) is 0 Å². The van der Waals surface area contributed by atoms with Gasteiger partial charge >= 0.3 is 0 Å². The Balaban J connectivity index is 1.88. The van der Waals surface area contributed by atoms with Gasteiger partial charge in [0, 0.05) is 35.2 Å². The number of aromatic amines is 1. The summed E-state index contributed by atoms with van der Waals surface area (Å²) in [7, 11) is -2.99. The smallest absolute Gasteiger partial charge is 0.254 e. The van der Waals surface area contributed by atoms with Gasteiger partial charge in [-0.3, -0.25) is 4.79 Å². The van der Waals surface area contributed by atoms with E-state index in [4.69, 9.17) is 0 Å². The van der Waals surface area contributed by atoms with Crippen LogP contribution in [0.1, 0.15) is 23.7 Å². The molecule has 0 aliphatic carbocycles. The van der Waals surface area contributed by atoms with Crippen LogP contribution < -0.4 is 0 Å². The SMILES string of the molecule is CCN(C(=O)c1ccc2[nH]ccc2c1)C1CCS(=O)(=O)C1. The number of hydrogen-bond donors (Lipinski definition) is 1. The normalized spacial score (nSPS) is 20.7. The third-order valence-electron chi connectivity index (χ3n) is 4.05. The number of H-pyrrole nitrogens is 1. The van der Waals surface area contributed by atoms with Crippen molar-refractivity contribution in [3.05, 3.63) is 36.0 Å². The van der Waals surface area contributed by atoms with Crippen LogP contribution in [0.2, 0.25) is 0 Å². The number of carbonyl (C=O) groups is 1. The molecule has 1 aliphatic rings. The molecule has 112 valence electrons. The monoisotopic (exact) mass is 306 g/mol. The van der Waals surface area contributed by atoms with Crippen LogP contribution in [0.4, 0.5) is 0 Å². The minimum Gasteiger partial charge on any atom is -0.361 e. The first kappa shape index (κ1) is 14.1. The summed E-state index contributed by atoms with van der Waals surface area (Å²) in [5.41, 5.74) is 1.59. The molecule has 0 radical (unpaired) electrons. The van der Waals surface area contributed by atoms with Crippen molar-refractivity contribution in [2.45, 2.75) is 19.4 Å². The van der Waals surface area contributed by atoms with E-state index in [1.165, 1.54) is 0 Å². The zero-order valence-corrected chi connectivity index (χ0v) is 12.7. The predicted molar refractivity (Wildman–Crippen MR) is 82.1 cm³/mol. The van der Waals surface area contributed by atoms with Gasteiger partial charge in [0.25, 0.3) is 5.91 Å². The summed E-state index contributed by atoms with van der Waals surface area (Å²) < 4.78 is 23.2. The Morgan fingerprint density at radius 1 is 1.38 bits per heavy atom. The topological polar surface area (TPSA) is 70.2 Å². The van der Waals surface area contributed by atoms with E-state index in [0.717, 1.165) is 10.9 Å². The fraction of sp³-hybridized carbons (Fsp3) is 0.400. The largest absolute Gasteiger partial charge is 0.361 e. The molecule has 6 heteroatoms. The summed E-state index contributed by atoms with van der Waals surface area (Å²) in [6, 6.07) is 7.23. The van der Waals surface area contributed by atoms with Crippen molar-refractivity contribution in [2.75, 3.05) is 18.1 Å². The average molecular weight is 306 g/mol. The van der Waals surface area contributed by atoms with E-state index in [0.29, 0.717) is 18.5 Å². The van der Waals surface area contributed by atoms with Crippen LogP contribution >= 0.6 is 0 Å². The number of nitrogens with zero attached hydrogens (tertiary/aromatic N) is 1. The van der Waals surface area contributed by atoms with Crippen LogP contribution in [-0.4, -0.2) is 48.3 Å². The highest BCUT2D eigenvalue weighted by atomic mass is 32.2. The van der Waals surface area contributed by atoms with E-state index in [2.05, 4.69) is 4.98 Å². The molecule has 0 spiro atoms. The Kier molecular flexibility index (Phi) is 3.49. The highest BCUT2D eigenvalue weighted by Gasteiger charge is 2.34. The molecule has 1 amide bonds. The van der Waals surface area contributed by atoms with Gasteiger partial charge in [0.2, 0.25) is 0 Å². The summed E-state index contributed by atoms with van der Waals surface area (Å²) in [4.78, 5) is 17.4. The van der Waals surface area contributed by atoms with Crippen LogP contribution in [0.5, 0.6) is 0 Å². The lowest BCUT2D eigenvalue weighted by molar-refractivity contribution is 0.0708. The Morgan fingerprint density at radius 3 is 2.86 bits per heavy atom. The number of hydrogen-bond acceptors (Lipinski definition) is 3. The molecular formula is C15H18N2O3S. The average Bonchev–Trinajstić information content (AvgIpc) is 3.05. The first-order valence-corrected chi connectivity index (χ1v) is 8.91. The molecule has 1 fully saturated rings. The molecule has 1 atom stereocenters. The number of nitrogens with one attached hydrogen (secondary N) is 1. The zero-order valence-electron chi connectivity index (χ0n) is 11.9. The van der Waals surface area contributed by atoms with Gasteiger partial charge in [-0.1, -0.05) is 0 Å². The maximum absolute atomic E-state index is 12.7. The van der Waals surface area contributed by atoms with E-state index in [9.17, 15) is 13.2 Å². The van der Waals surface area contributed by atoms with Gasteiger partial charge in [0.1, 0.15) is 0 Å². The number of benzene rings is 1. The fourth-order valence-electron chi connectivity index (χ4n) is 2.94. The highest BCUT2D eigenvalue weighted by Crippen LogP contribution is 2.21. The standard InChI is InChI=1S/C15H18N2O3S/c1-2-17(13-6-8-21(19,20)10-13)15(18)12-3-4-14-11(9-12)5-7-16-14/h3-5,7,9,13,16H,2,6,8,10H2,1H3. The van der Waals surface area contributed by atoms with Gasteiger partial charge in [-0.25, -0.2) is 8.42 Å². The number of fused-ring (bicyclic) bond motifs is 1. The number of carbonyl (C=O) groups excluding carboxylic acids is 1. The first-order valence-electron chi connectivity index (χ1n) is 7.09. The van der Waals surface area contributed by atoms with Crippen molar-refractivity contribution in [1.82, 2.24) is 9.88 Å². The second kappa shape index (κ2) is 5.18. The summed E-state index contributed by atoms with van der Waals surface area (Å²) in [5.74, 6) is 0.166. The molecule has 2 aromatic rings. The fourth-order valence-corrected chi connectivity index (χ4v) is 4.67. The van der Waals surface area contributed by atoms with Crippen LogP contribution in [0.3, 0.4) is 0 Å². The third kappa shape index (κ3) is 2.68. The third-order valence-corrected chi connectivity index (χ3v) is 5.80. The van der Waals surface area contributed by atoms with Crippen LogP contribution in [0.15, 0.2) is 30.5 Å². The summed E-state index contributed by atoms with van der Waals surface area (Å²) in [6.07, 6.45) is 2.37. The second-order valence-electron chi connectivity index (χ2n) is 5.43. The van der Waals surface area contributed by atoms with Crippen molar-refractivity contribution in [2.24, 2.45) is 0 Å². The molecule has 1 saturated heterocycles. The Morgan fingerprint density at radius 2 is 2.19 bits per heavy atom. The lowest BCUT2D eigenvalue weighted by Crippen LogP contribution is -2.40. The first-order chi connectivity index (χ1) is 10.00. The molecule has 21 heavy (non-hydrogen) atoms. The van der Waals surface area contributed by atoms with Crippen molar-refractivity contribution in [3.8, 4) is 0 Å². The molecular weight excluding hydrogens is 288 g/mol. The van der Waals surface area contributed by atoms with E-state index < -0.39 is 9.84 Å². The highest BCUT2D eigenvalue weighted by molar-refractivity contribution is 7.91. The van der Waals surface area contributed by atoms with Crippen LogP contribution in [0.25, 0.3) is 10.9 Å². The molecule has 1 N–H and O–H groups in total. The molecule has 1 aromatic heterocycles. The molecule has 1 aromatic carbocycles. The van der Waals surface area contributed by atoms with E-state index >= 15 is 0 Å². The van der Waals surface area contributed by atoms with E-state index in [-0.39, 0.29) is 23.5 Å². The quantitative estimate of drug-likeness (QED) is 0.940. The van der Waals surface area contributed by atoms with Gasteiger partial charge in [0.05, 0.1) is 11.5 Å². The van der Waals surface area contributed by atoms with Gasteiger partial charge < -0.3 is 9.88 Å². The van der Waals surface area contributed by atoms with Gasteiger partial charge in [-0.15, -0.1) is 0 Å². The Labute approximate surface area is 123 Å². The Hall–Kier alpha value is -1.82. The molecule has 0 bridgehead atoms. The lowest BCUT2D eigenvalue weighted by Gasteiger charge is -2.27. The number of sulfone groups is 1. The molecule has 2 heterocycles. The molecule has 0 saturated carbocycles. The van der Waals surface area contributed by atoms with E-state index in [1.54, 1.807) is 11.0 Å². The van der Waals surface area contributed by atoms with E-state index in [1.807, 2.05) is 31.3 Å². The summed E-state index contributed by atoms with van der Waals surface area (Å²) in [5, 5.41) is 0.982. The molecule has 1 aliphatic heterocycles. The minimum absolute atomic E-state index is 0.0823. The van der Waals surface area contributed by atoms with Crippen molar-refractivity contribution in [3.63, 3.8) is 0 Å². The summed E-state index contributed by atoms with van der Waals surface area (Å²) >= 11 is 0. The predicted octanol–water partition coefficient (Wildman–Crippen LogP) is 1.82. The van der Waals surface area contributed by atoms with Crippen molar-refractivity contribution >= 4 is 26.6 Å². The maximum atomic E-state index is 12.7. The minimum atomic E-state index is -2.99. The van der Waals surface area contributed by atoms with Gasteiger partial charge in [-0.05, 0) is 37.6 Å². The lowest BCUT2D eigenvalue weighted by atomic mass is 10.1. The van der Waals surface area contributed by atoms with Crippen molar-refractivity contribution < 1.29 is 13.2 Å². The molecule has 3 rings (SSSR count). The van der Waals surface area contributed by atoms with Crippen LogP contribution in [-0.2, 0) is 9.84 Å². The zero-order chi connectivity index (χ0) is 15.0. The number of amides is 1. The van der Waals surface area contributed by atoms with Gasteiger partial charge in [-0.2, -0.15) is 0 Å². The maximum Gasteiger partial charge on any atom is 0.254 e. The van der Waals surface area contributed by atoms with Crippen LogP contribution in [0, 0.1) is 0 Å². The van der Waals surface area contributed by atoms with Gasteiger partial charge in [0.15, 0.2) is 9.84 Å². The number of rotatable bonds is 3. The molecule has 1 unspecified atom stereocenters.